The summed E-state index contributed by atoms with van der Waals surface area (Å²) in [4.78, 5) is 27.7. The number of aryl methyl sites for hydroxylation is 1. The third kappa shape index (κ3) is 7.83. The number of halogens is 2. The molecule has 0 aliphatic carbocycles. The van der Waals surface area contributed by atoms with Gasteiger partial charge in [0.1, 0.15) is 6.04 Å². The van der Waals surface area contributed by atoms with Gasteiger partial charge in [0.15, 0.2) is 11.5 Å². The van der Waals surface area contributed by atoms with Crippen LogP contribution in [0.5, 0.6) is 11.5 Å². The van der Waals surface area contributed by atoms with E-state index >= 15 is 0 Å². The first kappa shape index (κ1) is 26.8. The molecule has 0 aromatic heterocycles. The summed E-state index contributed by atoms with van der Waals surface area (Å²) in [5.41, 5.74) is 1.23. The molecule has 8 heteroatoms. The van der Waals surface area contributed by atoms with E-state index in [1.165, 1.54) is 0 Å². The number of ether oxygens (including phenoxy) is 2. The first-order chi connectivity index (χ1) is 15.4. The number of hydrogen-bond acceptors (Lipinski definition) is 4. The maximum absolute atomic E-state index is 13.3. The smallest absolute Gasteiger partial charge is 0.242 e. The fourth-order valence-corrected chi connectivity index (χ4v) is 3.79. The minimum atomic E-state index is -0.686. The predicted molar refractivity (Wildman–Crippen MR) is 132 cm³/mol. The lowest BCUT2D eigenvalue weighted by Gasteiger charge is -2.31. The van der Waals surface area contributed by atoms with Crippen LogP contribution in [0.4, 0.5) is 0 Å². The molecule has 0 bridgehead atoms. The van der Waals surface area contributed by atoms with Crippen molar-refractivity contribution >= 4 is 35.0 Å². The highest BCUT2D eigenvalue weighted by Crippen LogP contribution is 2.28. The number of carbonyl (C=O) groups excluding carboxylic acids is 2. The van der Waals surface area contributed by atoms with Crippen LogP contribution >= 0.6 is 23.2 Å². The van der Waals surface area contributed by atoms with Crippen LogP contribution in [0.1, 0.15) is 45.2 Å². The van der Waals surface area contributed by atoms with E-state index in [4.69, 9.17) is 32.7 Å². The largest absolute Gasteiger partial charge is 0.493 e. The van der Waals surface area contributed by atoms with Gasteiger partial charge in [-0.1, -0.05) is 35.3 Å². The van der Waals surface area contributed by atoms with Crippen LogP contribution in [0, 0.1) is 0 Å². The highest BCUT2D eigenvalue weighted by Gasteiger charge is 2.28. The van der Waals surface area contributed by atoms with Gasteiger partial charge in [0.05, 0.1) is 14.2 Å². The molecule has 2 amide bonds. The highest BCUT2D eigenvalue weighted by atomic mass is 35.5. The third-order valence-corrected chi connectivity index (χ3v) is 5.68. The first-order valence-electron chi connectivity index (χ1n) is 10.7. The van der Waals surface area contributed by atoms with Gasteiger partial charge in [-0.05, 0) is 69.5 Å². The molecule has 0 heterocycles. The zero-order valence-corrected chi connectivity index (χ0v) is 21.5. The summed E-state index contributed by atoms with van der Waals surface area (Å²) in [6.07, 6.45) is 0.700. The number of rotatable bonds is 9. The quantitative estimate of drug-likeness (QED) is 0.515. The molecule has 0 radical (unpaired) electrons. The lowest BCUT2D eigenvalue weighted by atomic mass is 10.1. The van der Waals surface area contributed by atoms with Crippen molar-refractivity contribution in [1.29, 1.82) is 0 Å². The lowest BCUT2D eigenvalue weighted by molar-refractivity contribution is -0.141. The monoisotopic (exact) mass is 494 g/mol. The second-order valence-corrected chi connectivity index (χ2v) is 9.71. The van der Waals surface area contributed by atoms with Crippen molar-refractivity contribution in [3.63, 3.8) is 0 Å². The maximum Gasteiger partial charge on any atom is 0.242 e. The Labute approximate surface area is 206 Å². The topological polar surface area (TPSA) is 67.9 Å². The SMILES string of the molecule is COc1ccc(CCC(=O)N(Cc2ccc(Cl)cc2Cl)[C@@H](C)C(=O)NC(C)(C)C)cc1OC. The molecule has 1 atom stereocenters. The fourth-order valence-electron chi connectivity index (χ4n) is 3.32. The Bertz CT molecular complexity index is 989. The van der Waals surface area contributed by atoms with Crippen LogP contribution in [-0.2, 0) is 22.6 Å². The molecule has 2 aromatic carbocycles. The van der Waals surface area contributed by atoms with Crippen molar-refractivity contribution in [3.05, 3.63) is 57.6 Å². The van der Waals surface area contributed by atoms with E-state index in [-0.39, 0.29) is 24.8 Å². The molecule has 0 aliphatic heterocycles. The van der Waals surface area contributed by atoms with Gasteiger partial charge in [-0.15, -0.1) is 0 Å². The minimum Gasteiger partial charge on any atom is -0.493 e. The summed E-state index contributed by atoms with van der Waals surface area (Å²) < 4.78 is 10.6. The van der Waals surface area contributed by atoms with Crippen molar-refractivity contribution in [1.82, 2.24) is 10.2 Å². The van der Waals surface area contributed by atoms with Crippen LogP contribution in [0.25, 0.3) is 0 Å². The summed E-state index contributed by atoms with van der Waals surface area (Å²) in [5, 5.41) is 3.90. The zero-order chi connectivity index (χ0) is 24.8. The normalized spacial score (nSPS) is 12.1. The van der Waals surface area contributed by atoms with Crippen molar-refractivity contribution < 1.29 is 19.1 Å². The van der Waals surface area contributed by atoms with E-state index in [0.717, 1.165) is 11.1 Å². The summed E-state index contributed by atoms with van der Waals surface area (Å²) >= 11 is 12.4. The van der Waals surface area contributed by atoms with Crippen LogP contribution in [-0.4, -0.2) is 42.5 Å². The Morgan fingerprint density at radius 3 is 2.27 bits per heavy atom. The van der Waals surface area contributed by atoms with Crippen LogP contribution in [0.15, 0.2) is 36.4 Å². The van der Waals surface area contributed by atoms with Gasteiger partial charge >= 0.3 is 0 Å². The Kier molecular flexibility index (Phi) is 9.44. The molecule has 0 spiro atoms. The minimum absolute atomic E-state index is 0.160. The van der Waals surface area contributed by atoms with E-state index in [0.29, 0.717) is 28.0 Å². The Morgan fingerprint density at radius 2 is 1.70 bits per heavy atom. The average Bonchev–Trinajstić information content (AvgIpc) is 2.75. The predicted octanol–water partition coefficient (Wildman–Crippen LogP) is 5.28. The molecule has 1 N–H and O–H groups in total. The van der Waals surface area contributed by atoms with Crippen LogP contribution < -0.4 is 14.8 Å². The summed E-state index contributed by atoms with van der Waals surface area (Å²) in [6, 6.07) is 9.98. The molecule has 0 unspecified atom stereocenters. The standard InChI is InChI=1S/C25H32Cl2N2O4/c1-16(24(31)28-25(2,3)4)29(15-18-9-10-19(26)14-20(18)27)23(30)12-8-17-7-11-21(32-5)22(13-17)33-6/h7,9-11,13-14,16H,8,12,15H2,1-6H3,(H,28,31)/t16-/m0/s1. The number of nitrogens with one attached hydrogen (secondary N) is 1. The summed E-state index contributed by atoms with van der Waals surface area (Å²) in [6.45, 7) is 7.61. The van der Waals surface area contributed by atoms with Gasteiger partial charge in [-0.25, -0.2) is 0 Å². The Morgan fingerprint density at radius 1 is 1.03 bits per heavy atom. The Hall–Kier alpha value is -2.44. The molecular weight excluding hydrogens is 463 g/mol. The molecule has 0 saturated heterocycles. The highest BCUT2D eigenvalue weighted by molar-refractivity contribution is 6.35. The summed E-state index contributed by atoms with van der Waals surface area (Å²) in [7, 11) is 3.14. The van der Waals surface area contributed by atoms with Crippen LogP contribution in [0.3, 0.4) is 0 Å². The van der Waals surface area contributed by atoms with Gasteiger partial charge in [0, 0.05) is 28.5 Å². The van der Waals surface area contributed by atoms with Crippen molar-refractivity contribution in [2.45, 2.75) is 58.7 Å². The molecule has 2 aromatic rings. The fraction of sp³-hybridized carbons (Fsp3) is 0.440. The number of amides is 2. The van der Waals surface area contributed by atoms with E-state index in [2.05, 4.69) is 5.32 Å². The lowest BCUT2D eigenvalue weighted by Crippen LogP contribution is -2.52. The van der Waals surface area contributed by atoms with Crippen molar-refractivity contribution in [2.24, 2.45) is 0 Å². The van der Waals surface area contributed by atoms with Crippen LogP contribution in [0.2, 0.25) is 10.0 Å². The van der Waals surface area contributed by atoms with Gasteiger partial charge in [0.2, 0.25) is 11.8 Å². The molecule has 180 valence electrons. The van der Waals surface area contributed by atoms with E-state index in [1.807, 2.05) is 39.0 Å². The number of methoxy groups -OCH3 is 2. The van der Waals surface area contributed by atoms with E-state index in [1.54, 1.807) is 44.2 Å². The van der Waals surface area contributed by atoms with E-state index in [9.17, 15) is 9.59 Å². The second kappa shape index (κ2) is 11.6. The summed E-state index contributed by atoms with van der Waals surface area (Å²) in [5.74, 6) is 0.837. The molecule has 33 heavy (non-hydrogen) atoms. The average molecular weight is 495 g/mol. The van der Waals surface area contributed by atoms with Gasteiger partial charge in [0.25, 0.3) is 0 Å². The van der Waals surface area contributed by atoms with Gasteiger partial charge in [-0.3, -0.25) is 9.59 Å². The Balaban J connectivity index is 2.24. The second-order valence-electron chi connectivity index (χ2n) is 8.86. The molecule has 0 saturated carbocycles. The van der Waals surface area contributed by atoms with Gasteiger partial charge in [-0.2, -0.15) is 0 Å². The third-order valence-electron chi connectivity index (χ3n) is 5.10. The number of nitrogens with zero attached hydrogens (tertiary/aromatic N) is 1. The molecule has 0 aliphatic rings. The van der Waals surface area contributed by atoms with Gasteiger partial charge < -0.3 is 19.7 Å². The van der Waals surface area contributed by atoms with E-state index < -0.39 is 11.6 Å². The molecule has 2 rings (SSSR count). The molecule has 0 fully saturated rings. The maximum atomic E-state index is 13.3. The van der Waals surface area contributed by atoms with Crippen molar-refractivity contribution in [3.8, 4) is 11.5 Å². The number of hydrogen-bond donors (Lipinski definition) is 1. The zero-order valence-electron chi connectivity index (χ0n) is 20.0. The first-order valence-corrected chi connectivity index (χ1v) is 11.5. The molecule has 6 nitrogen and oxygen atoms in total. The number of carbonyl (C=O) groups is 2. The molecular formula is C25H32Cl2N2O4. The number of benzene rings is 2. The van der Waals surface area contributed by atoms with Crippen molar-refractivity contribution in [2.75, 3.05) is 14.2 Å².